The van der Waals surface area contributed by atoms with E-state index in [0.29, 0.717) is 18.8 Å². The highest BCUT2D eigenvalue weighted by atomic mass is 16.6. The zero-order valence-corrected chi connectivity index (χ0v) is 13.2. The molecule has 1 aromatic carbocycles. The molecular formula is C18H25NO3. The molecule has 0 aliphatic heterocycles. The number of carbonyl (C=O) groups excluding carboxylic acids is 1. The van der Waals surface area contributed by atoms with Gasteiger partial charge >= 0.3 is 6.09 Å². The topological polar surface area (TPSA) is 38.8 Å². The van der Waals surface area contributed by atoms with Gasteiger partial charge in [0.05, 0.1) is 12.2 Å². The van der Waals surface area contributed by atoms with E-state index in [0.717, 1.165) is 31.2 Å². The highest BCUT2D eigenvalue weighted by molar-refractivity contribution is 5.67. The molecule has 120 valence electrons. The van der Waals surface area contributed by atoms with Gasteiger partial charge in [0, 0.05) is 13.1 Å². The van der Waals surface area contributed by atoms with Crippen molar-refractivity contribution in [1.29, 1.82) is 0 Å². The molecule has 1 amide bonds. The van der Waals surface area contributed by atoms with Crippen molar-refractivity contribution in [3.05, 3.63) is 35.9 Å². The van der Waals surface area contributed by atoms with Gasteiger partial charge in [-0.3, -0.25) is 0 Å². The van der Waals surface area contributed by atoms with Crippen LogP contribution >= 0.6 is 0 Å². The molecule has 4 nitrogen and oxygen atoms in total. The molecule has 0 bridgehead atoms. The minimum atomic E-state index is -0.235. The number of benzene rings is 1. The fourth-order valence-corrected chi connectivity index (χ4v) is 3.04. The number of hydrogen-bond donors (Lipinski definition) is 0. The van der Waals surface area contributed by atoms with Gasteiger partial charge in [-0.05, 0) is 44.1 Å². The lowest BCUT2D eigenvalue weighted by atomic mass is 9.92. The summed E-state index contributed by atoms with van der Waals surface area (Å²) in [6, 6.07) is 10.0. The first-order valence-electron chi connectivity index (χ1n) is 8.31. The predicted molar refractivity (Wildman–Crippen MR) is 84.5 cm³/mol. The molecule has 1 aromatic rings. The van der Waals surface area contributed by atoms with Crippen molar-refractivity contribution in [3.8, 4) is 0 Å². The van der Waals surface area contributed by atoms with Crippen LogP contribution in [0.5, 0.6) is 0 Å². The molecule has 3 rings (SSSR count). The molecular weight excluding hydrogens is 278 g/mol. The molecule has 0 heterocycles. The standard InChI is InChI=1S/C18H25NO3/c1-19(18(20)21-13-14-6-3-2-4-7-14)15-8-5-9-17(12-15)22-16-10-11-16/h2-4,6-7,15-17H,5,8-13H2,1H3/t15-,17+/m1/s1. The molecule has 2 fully saturated rings. The van der Waals surface area contributed by atoms with Crippen LogP contribution in [0.4, 0.5) is 4.79 Å². The van der Waals surface area contributed by atoms with Gasteiger partial charge in [0.15, 0.2) is 0 Å². The summed E-state index contributed by atoms with van der Waals surface area (Å²) < 4.78 is 11.4. The average Bonchev–Trinajstić information content (AvgIpc) is 3.37. The summed E-state index contributed by atoms with van der Waals surface area (Å²) in [5.74, 6) is 0. The summed E-state index contributed by atoms with van der Waals surface area (Å²) in [6.07, 6.45) is 7.20. The summed E-state index contributed by atoms with van der Waals surface area (Å²) in [7, 11) is 1.84. The second-order valence-corrected chi connectivity index (χ2v) is 6.43. The Balaban J connectivity index is 1.46. The molecule has 2 saturated carbocycles. The third-order valence-electron chi connectivity index (χ3n) is 4.55. The minimum absolute atomic E-state index is 0.235. The van der Waals surface area contributed by atoms with Crippen LogP contribution in [0.3, 0.4) is 0 Å². The van der Waals surface area contributed by atoms with Crippen LogP contribution in [-0.2, 0) is 16.1 Å². The van der Waals surface area contributed by atoms with Crippen LogP contribution in [-0.4, -0.2) is 36.3 Å². The largest absolute Gasteiger partial charge is 0.445 e. The van der Waals surface area contributed by atoms with E-state index in [4.69, 9.17) is 9.47 Å². The van der Waals surface area contributed by atoms with Gasteiger partial charge in [-0.15, -0.1) is 0 Å². The number of carbonyl (C=O) groups is 1. The van der Waals surface area contributed by atoms with Crippen LogP contribution in [0.25, 0.3) is 0 Å². The third kappa shape index (κ3) is 4.23. The maximum Gasteiger partial charge on any atom is 0.410 e. The van der Waals surface area contributed by atoms with Crippen molar-refractivity contribution in [3.63, 3.8) is 0 Å². The van der Waals surface area contributed by atoms with E-state index in [1.165, 1.54) is 12.8 Å². The Labute approximate surface area is 132 Å². The van der Waals surface area contributed by atoms with Crippen LogP contribution in [0.15, 0.2) is 30.3 Å². The molecule has 2 aliphatic carbocycles. The summed E-state index contributed by atoms with van der Waals surface area (Å²) >= 11 is 0. The van der Waals surface area contributed by atoms with E-state index >= 15 is 0 Å². The Bertz CT molecular complexity index is 486. The van der Waals surface area contributed by atoms with Crippen LogP contribution in [0, 0.1) is 0 Å². The fourth-order valence-electron chi connectivity index (χ4n) is 3.04. The van der Waals surface area contributed by atoms with Gasteiger partial charge in [-0.1, -0.05) is 30.3 Å². The maximum absolute atomic E-state index is 12.2. The van der Waals surface area contributed by atoms with E-state index < -0.39 is 0 Å². The van der Waals surface area contributed by atoms with Gasteiger partial charge < -0.3 is 14.4 Å². The SMILES string of the molecule is CN(C(=O)OCc1ccccc1)[C@@H]1CCC[C@H](OC2CC2)C1. The Morgan fingerprint density at radius 3 is 2.64 bits per heavy atom. The van der Waals surface area contributed by atoms with E-state index in [1.54, 1.807) is 4.90 Å². The summed E-state index contributed by atoms with van der Waals surface area (Å²) in [5, 5.41) is 0. The second kappa shape index (κ2) is 7.14. The summed E-state index contributed by atoms with van der Waals surface area (Å²) in [4.78, 5) is 14.0. The molecule has 0 saturated heterocycles. The highest BCUT2D eigenvalue weighted by Gasteiger charge is 2.32. The van der Waals surface area contributed by atoms with Gasteiger partial charge in [0.1, 0.15) is 6.61 Å². The molecule has 0 N–H and O–H groups in total. The van der Waals surface area contributed by atoms with Crippen molar-refractivity contribution >= 4 is 6.09 Å². The van der Waals surface area contributed by atoms with Gasteiger partial charge in [0.2, 0.25) is 0 Å². The Kier molecular flexibility index (Phi) is 4.98. The normalized spacial score (nSPS) is 24.8. The van der Waals surface area contributed by atoms with Crippen molar-refractivity contribution in [2.75, 3.05) is 7.05 Å². The minimum Gasteiger partial charge on any atom is -0.445 e. The number of nitrogens with zero attached hydrogens (tertiary/aromatic N) is 1. The predicted octanol–water partition coefficient (Wildman–Crippen LogP) is 3.75. The van der Waals surface area contributed by atoms with Crippen molar-refractivity contribution in [2.24, 2.45) is 0 Å². The first kappa shape index (κ1) is 15.3. The smallest absolute Gasteiger partial charge is 0.410 e. The van der Waals surface area contributed by atoms with Crippen LogP contribution < -0.4 is 0 Å². The molecule has 2 aliphatic rings. The van der Waals surface area contributed by atoms with Gasteiger partial charge in [0.25, 0.3) is 0 Å². The number of amides is 1. The quantitative estimate of drug-likeness (QED) is 0.831. The maximum atomic E-state index is 12.2. The molecule has 22 heavy (non-hydrogen) atoms. The Hall–Kier alpha value is -1.55. The molecule has 4 heteroatoms. The lowest BCUT2D eigenvalue weighted by Gasteiger charge is -2.34. The fraction of sp³-hybridized carbons (Fsp3) is 0.611. The highest BCUT2D eigenvalue weighted by Crippen LogP contribution is 2.31. The molecule has 2 atom stereocenters. The van der Waals surface area contributed by atoms with Crippen molar-refractivity contribution in [1.82, 2.24) is 4.90 Å². The monoisotopic (exact) mass is 303 g/mol. The zero-order valence-electron chi connectivity index (χ0n) is 13.2. The van der Waals surface area contributed by atoms with Gasteiger partial charge in [-0.2, -0.15) is 0 Å². The number of rotatable bonds is 5. The molecule has 0 unspecified atom stereocenters. The van der Waals surface area contributed by atoms with E-state index in [1.807, 2.05) is 37.4 Å². The first-order chi connectivity index (χ1) is 10.7. The second-order valence-electron chi connectivity index (χ2n) is 6.43. The summed E-state index contributed by atoms with van der Waals surface area (Å²) in [5.41, 5.74) is 1.02. The van der Waals surface area contributed by atoms with Crippen molar-refractivity contribution < 1.29 is 14.3 Å². The Morgan fingerprint density at radius 2 is 1.91 bits per heavy atom. The van der Waals surface area contributed by atoms with Crippen molar-refractivity contribution in [2.45, 2.75) is 63.4 Å². The molecule has 0 spiro atoms. The average molecular weight is 303 g/mol. The van der Waals surface area contributed by atoms with E-state index in [2.05, 4.69) is 0 Å². The van der Waals surface area contributed by atoms with Gasteiger partial charge in [-0.25, -0.2) is 4.79 Å². The summed E-state index contributed by atoms with van der Waals surface area (Å²) in [6.45, 7) is 0.332. The molecule has 0 radical (unpaired) electrons. The number of ether oxygens (including phenoxy) is 2. The number of hydrogen-bond acceptors (Lipinski definition) is 3. The van der Waals surface area contributed by atoms with E-state index in [-0.39, 0.29) is 12.1 Å². The first-order valence-corrected chi connectivity index (χ1v) is 8.31. The Morgan fingerprint density at radius 1 is 1.14 bits per heavy atom. The lowest BCUT2D eigenvalue weighted by Crippen LogP contribution is -2.42. The van der Waals surface area contributed by atoms with E-state index in [9.17, 15) is 4.79 Å². The zero-order chi connectivity index (χ0) is 15.4. The third-order valence-corrected chi connectivity index (χ3v) is 4.55. The lowest BCUT2D eigenvalue weighted by molar-refractivity contribution is -0.00788. The van der Waals surface area contributed by atoms with Crippen LogP contribution in [0.2, 0.25) is 0 Å². The molecule has 0 aromatic heterocycles. The van der Waals surface area contributed by atoms with Crippen LogP contribution in [0.1, 0.15) is 44.1 Å².